The van der Waals surface area contributed by atoms with Gasteiger partial charge in [-0.05, 0) is 31.9 Å². The summed E-state index contributed by atoms with van der Waals surface area (Å²) >= 11 is 0. The van der Waals surface area contributed by atoms with Crippen molar-refractivity contribution in [1.29, 1.82) is 0 Å². The van der Waals surface area contributed by atoms with Gasteiger partial charge in [-0.3, -0.25) is 9.48 Å². The van der Waals surface area contributed by atoms with Gasteiger partial charge in [0.05, 0.1) is 12.6 Å². The van der Waals surface area contributed by atoms with E-state index in [1.54, 1.807) is 6.20 Å². The second-order valence-corrected chi connectivity index (χ2v) is 4.74. The lowest BCUT2D eigenvalue weighted by Crippen LogP contribution is -2.51. The average molecular weight is 250 g/mol. The lowest BCUT2D eigenvalue weighted by molar-refractivity contribution is -0.136. The predicted octanol–water partition coefficient (Wildman–Crippen LogP) is 0.874. The van der Waals surface area contributed by atoms with Gasteiger partial charge < -0.3 is 10.2 Å². The predicted molar refractivity (Wildman–Crippen MR) is 70.1 cm³/mol. The molecule has 5 nitrogen and oxygen atoms in total. The molecule has 1 atom stereocenters. The molecule has 1 aliphatic heterocycles. The largest absolute Gasteiger partial charge is 0.339 e. The molecule has 0 bridgehead atoms. The molecule has 1 unspecified atom stereocenters. The molecule has 0 spiro atoms. The molecule has 0 aliphatic carbocycles. The first kappa shape index (κ1) is 13.1. The number of hydrogen-bond donors (Lipinski definition) is 1. The van der Waals surface area contributed by atoms with Gasteiger partial charge in [-0.25, -0.2) is 0 Å². The lowest BCUT2D eigenvalue weighted by atomic mass is 10.0. The van der Waals surface area contributed by atoms with Crippen molar-refractivity contribution in [3.8, 4) is 0 Å². The Morgan fingerprint density at radius 3 is 3.11 bits per heavy atom. The van der Waals surface area contributed by atoms with Gasteiger partial charge in [-0.1, -0.05) is 6.92 Å². The van der Waals surface area contributed by atoms with Crippen LogP contribution in [0.15, 0.2) is 18.5 Å². The summed E-state index contributed by atoms with van der Waals surface area (Å²) in [6.45, 7) is 5.45. The fraction of sp³-hybridized carbons (Fsp3) is 0.692. The van der Waals surface area contributed by atoms with Crippen molar-refractivity contribution < 1.29 is 4.79 Å². The summed E-state index contributed by atoms with van der Waals surface area (Å²) in [6.07, 6.45) is 6.82. The smallest absolute Gasteiger partial charge is 0.239 e. The minimum atomic E-state index is 0.0244. The van der Waals surface area contributed by atoms with Gasteiger partial charge in [-0.15, -0.1) is 0 Å². The topological polar surface area (TPSA) is 50.2 Å². The number of aromatic nitrogens is 2. The molecular weight excluding hydrogens is 228 g/mol. The first-order chi connectivity index (χ1) is 8.81. The first-order valence-corrected chi connectivity index (χ1v) is 6.81. The zero-order chi connectivity index (χ0) is 12.8. The van der Waals surface area contributed by atoms with E-state index < -0.39 is 0 Å². The Balaban J connectivity index is 1.82. The highest BCUT2D eigenvalue weighted by molar-refractivity contribution is 5.82. The Morgan fingerprint density at radius 1 is 1.50 bits per heavy atom. The minimum absolute atomic E-state index is 0.0244. The van der Waals surface area contributed by atoms with E-state index in [9.17, 15) is 4.79 Å². The Bertz CT molecular complexity index is 363. The van der Waals surface area contributed by atoms with Crippen molar-refractivity contribution in [2.45, 2.75) is 38.8 Å². The van der Waals surface area contributed by atoms with Crippen LogP contribution in [0.25, 0.3) is 0 Å². The number of hydrogen-bond acceptors (Lipinski definition) is 3. The highest BCUT2D eigenvalue weighted by atomic mass is 16.2. The lowest BCUT2D eigenvalue weighted by Gasteiger charge is -2.32. The fourth-order valence-electron chi connectivity index (χ4n) is 2.33. The monoisotopic (exact) mass is 250 g/mol. The summed E-state index contributed by atoms with van der Waals surface area (Å²) < 4.78 is 1.87. The number of nitrogens with one attached hydrogen (secondary N) is 1. The highest BCUT2D eigenvalue weighted by Crippen LogP contribution is 2.11. The fourth-order valence-corrected chi connectivity index (χ4v) is 2.33. The summed E-state index contributed by atoms with van der Waals surface area (Å²) in [4.78, 5) is 14.2. The maximum absolute atomic E-state index is 12.2. The van der Waals surface area contributed by atoms with Gasteiger partial charge in [0.1, 0.15) is 0 Å². The van der Waals surface area contributed by atoms with E-state index in [1.807, 2.05) is 21.8 Å². The second kappa shape index (κ2) is 6.54. The number of carbonyl (C=O) groups excluding carboxylic acids is 1. The number of likely N-dealkylation sites (tertiary alicyclic amines) is 1. The molecule has 1 saturated heterocycles. The average Bonchev–Trinajstić information content (AvgIpc) is 2.89. The number of piperidine rings is 1. The SMILES string of the molecule is CCCNC1CCCN(CCn2cccn2)C1=O. The van der Waals surface area contributed by atoms with Crippen molar-refractivity contribution in [1.82, 2.24) is 20.0 Å². The maximum atomic E-state index is 12.2. The molecule has 1 aromatic heterocycles. The van der Waals surface area contributed by atoms with Crippen LogP contribution in [0.4, 0.5) is 0 Å². The van der Waals surface area contributed by atoms with Crippen molar-refractivity contribution in [2.24, 2.45) is 0 Å². The van der Waals surface area contributed by atoms with E-state index >= 15 is 0 Å². The van der Waals surface area contributed by atoms with Crippen LogP contribution in [-0.2, 0) is 11.3 Å². The van der Waals surface area contributed by atoms with Gasteiger partial charge in [-0.2, -0.15) is 5.10 Å². The Kier molecular flexibility index (Phi) is 4.75. The van der Waals surface area contributed by atoms with E-state index in [-0.39, 0.29) is 11.9 Å². The van der Waals surface area contributed by atoms with Crippen LogP contribution in [0.2, 0.25) is 0 Å². The molecule has 1 N–H and O–H groups in total. The number of carbonyl (C=O) groups is 1. The van der Waals surface area contributed by atoms with E-state index in [4.69, 9.17) is 0 Å². The summed E-state index contributed by atoms with van der Waals surface area (Å²) in [5.41, 5.74) is 0. The first-order valence-electron chi connectivity index (χ1n) is 6.81. The summed E-state index contributed by atoms with van der Waals surface area (Å²) in [6, 6.07) is 1.93. The molecule has 5 heteroatoms. The van der Waals surface area contributed by atoms with Gasteiger partial charge in [0.25, 0.3) is 0 Å². The Labute approximate surface area is 108 Å². The minimum Gasteiger partial charge on any atom is -0.339 e. The van der Waals surface area contributed by atoms with E-state index in [2.05, 4.69) is 17.3 Å². The maximum Gasteiger partial charge on any atom is 0.239 e. The van der Waals surface area contributed by atoms with Crippen LogP contribution < -0.4 is 5.32 Å². The molecular formula is C13H22N4O. The third-order valence-corrected chi connectivity index (χ3v) is 3.33. The molecule has 0 radical (unpaired) electrons. The standard InChI is InChI=1S/C13H22N4O/c1-2-6-14-12-5-3-8-16(13(12)18)10-11-17-9-4-7-15-17/h4,7,9,12,14H,2-3,5-6,8,10-11H2,1H3. The molecule has 1 aliphatic rings. The van der Waals surface area contributed by atoms with Gasteiger partial charge in [0.2, 0.25) is 5.91 Å². The van der Waals surface area contributed by atoms with Crippen LogP contribution in [0.1, 0.15) is 26.2 Å². The number of rotatable bonds is 6. The normalized spacial score (nSPS) is 20.4. The molecule has 2 rings (SSSR count). The molecule has 1 amide bonds. The number of nitrogens with zero attached hydrogens (tertiary/aromatic N) is 3. The Morgan fingerprint density at radius 2 is 2.39 bits per heavy atom. The zero-order valence-corrected chi connectivity index (χ0v) is 11.0. The molecule has 1 fully saturated rings. The Hall–Kier alpha value is -1.36. The van der Waals surface area contributed by atoms with Crippen LogP contribution in [0.5, 0.6) is 0 Å². The van der Waals surface area contributed by atoms with Crippen LogP contribution in [0.3, 0.4) is 0 Å². The van der Waals surface area contributed by atoms with Gasteiger partial charge >= 0.3 is 0 Å². The summed E-state index contributed by atoms with van der Waals surface area (Å²) in [5, 5.41) is 7.49. The van der Waals surface area contributed by atoms with Crippen molar-refractivity contribution in [3.63, 3.8) is 0 Å². The van der Waals surface area contributed by atoms with Crippen molar-refractivity contribution in [2.75, 3.05) is 19.6 Å². The quantitative estimate of drug-likeness (QED) is 0.815. The van der Waals surface area contributed by atoms with Crippen LogP contribution in [0, 0.1) is 0 Å². The summed E-state index contributed by atoms with van der Waals surface area (Å²) in [7, 11) is 0. The van der Waals surface area contributed by atoms with Crippen molar-refractivity contribution in [3.05, 3.63) is 18.5 Å². The number of amides is 1. The van der Waals surface area contributed by atoms with Crippen LogP contribution >= 0.6 is 0 Å². The third-order valence-electron chi connectivity index (χ3n) is 3.33. The molecule has 100 valence electrons. The van der Waals surface area contributed by atoms with Gasteiger partial charge in [0, 0.05) is 25.5 Å². The molecule has 0 aromatic carbocycles. The second-order valence-electron chi connectivity index (χ2n) is 4.74. The zero-order valence-electron chi connectivity index (χ0n) is 11.0. The molecule has 18 heavy (non-hydrogen) atoms. The van der Waals surface area contributed by atoms with E-state index in [0.717, 1.165) is 45.4 Å². The molecule has 2 heterocycles. The van der Waals surface area contributed by atoms with E-state index in [1.165, 1.54) is 0 Å². The third kappa shape index (κ3) is 3.32. The van der Waals surface area contributed by atoms with Gasteiger partial charge in [0.15, 0.2) is 0 Å². The molecule has 0 saturated carbocycles. The summed E-state index contributed by atoms with van der Waals surface area (Å²) in [5.74, 6) is 0.252. The highest BCUT2D eigenvalue weighted by Gasteiger charge is 2.27. The molecule has 1 aromatic rings. The van der Waals surface area contributed by atoms with E-state index in [0.29, 0.717) is 0 Å². The van der Waals surface area contributed by atoms with Crippen molar-refractivity contribution >= 4 is 5.91 Å². The van der Waals surface area contributed by atoms with Crippen LogP contribution in [-0.4, -0.2) is 46.3 Å².